The first-order chi connectivity index (χ1) is 14.5. The van der Waals surface area contributed by atoms with Crippen LogP contribution in [0.25, 0.3) is 10.2 Å². The molecule has 6 heteroatoms. The Morgan fingerprint density at radius 2 is 2.07 bits per heavy atom. The highest BCUT2D eigenvalue weighted by atomic mass is 32.1. The third-order valence-electron chi connectivity index (χ3n) is 5.35. The smallest absolute Gasteiger partial charge is 0.233 e. The third kappa shape index (κ3) is 4.65. The van der Waals surface area contributed by atoms with Crippen LogP contribution >= 0.6 is 11.3 Å². The summed E-state index contributed by atoms with van der Waals surface area (Å²) in [6.45, 7) is 8.07. The van der Waals surface area contributed by atoms with Gasteiger partial charge in [0.1, 0.15) is 5.75 Å². The highest BCUT2D eigenvalue weighted by Gasteiger charge is 2.26. The quantitative estimate of drug-likeness (QED) is 0.532. The van der Waals surface area contributed by atoms with Gasteiger partial charge in [0, 0.05) is 6.61 Å². The minimum Gasteiger partial charge on any atom is -0.494 e. The number of thiazole rings is 1. The fraction of sp³-hybridized carbons (Fsp3) is 0.417. The maximum atomic E-state index is 13.3. The predicted molar refractivity (Wildman–Crippen MR) is 122 cm³/mol. The summed E-state index contributed by atoms with van der Waals surface area (Å²) >= 11 is 1.58. The van der Waals surface area contributed by atoms with Crippen LogP contribution in [0.4, 0.5) is 5.13 Å². The van der Waals surface area contributed by atoms with E-state index in [1.807, 2.05) is 36.1 Å². The largest absolute Gasteiger partial charge is 0.494 e. The van der Waals surface area contributed by atoms with Crippen LogP contribution in [0.5, 0.6) is 5.75 Å². The summed E-state index contributed by atoms with van der Waals surface area (Å²) in [5, 5.41) is 0.755. The van der Waals surface area contributed by atoms with E-state index < -0.39 is 0 Å². The lowest BCUT2D eigenvalue weighted by atomic mass is 10.1. The lowest BCUT2D eigenvalue weighted by Crippen LogP contribution is -2.38. The van der Waals surface area contributed by atoms with E-state index >= 15 is 0 Å². The summed E-state index contributed by atoms with van der Waals surface area (Å²) < 4.78 is 12.5. The number of nitrogens with zero attached hydrogens (tertiary/aromatic N) is 2. The topological polar surface area (TPSA) is 51.7 Å². The molecule has 3 aromatic rings. The molecule has 30 heavy (non-hydrogen) atoms. The third-order valence-corrected chi connectivity index (χ3v) is 6.38. The zero-order valence-corrected chi connectivity index (χ0v) is 18.6. The molecule has 1 aromatic heterocycles. The van der Waals surface area contributed by atoms with Gasteiger partial charge in [-0.1, -0.05) is 29.5 Å². The van der Waals surface area contributed by atoms with Crippen molar-refractivity contribution in [1.29, 1.82) is 0 Å². The molecule has 2 aromatic carbocycles. The van der Waals surface area contributed by atoms with Crippen LogP contribution in [0.15, 0.2) is 36.4 Å². The van der Waals surface area contributed by atoms with Gasteiger partial charge < -0.3 is 9.47 Å². The van der Waals surface area contributed by atoms with Gasteiger partial charge in [-0.05, 0) is 68.5 Å². The standard InChI is InChI=1S/C24H28N2O3S/c1-4-28-19-9-7-18(8-10-19)14-22(27)26(15-20-6-5-11-29-20)24-25-23-17(3)12-16(2)13-21(23)30-24/h7-10,12-13,20H,4-6,11,14-15H2,1-3H3/t20-/m0/s1. The van der Waals surface area contributed by atoms with E-state index in [2.05, 4.69) is 26.0 Å². The maximum absolute atomic E-state index is 13.3. The van der Waals surface area contributed by atoms with Gasteiger partial charge in [0.15, 0.2) is 5.13 Å². The molecule has 2 heterocycles. The van der Waals surface area contributed by atoms with E-state index in [4.69, 9.17) is 14.5 Å². The SMILES string of the molecule is CCOc1ccc(CC(=O)N(C[C@@H]2CCCO2)c2nc3c(C)cc(C)cc3s2)cc1. The number of carbonyl (C=O) groups is 1. The number of hydrogen-bond donors (Lipinski definition) is 0. The van der Waals surface area contributed by atoms with E-state index in [1.54, 1.807) is 11.3 Å². The second-order valence-electron chi connectivity index (χ2n) is 7.82. The van der Waals surface area contributed by atoms with Crippen molar-refractivity contribution in [1.82, 2.24) is 4.98 Å². The molecule has 1 atom stereocenters. The Bertz CT molecular complexity index is 1020. The maximum Gasteiger partial charge on any atom is 0.233 e. The van der Waals surface area contributed by atoms with Crippen LogP contribution in [-0.2, 0) is 16.0 Å². The van der Waals surface area contributed by atoms with E-state index in [1.165, 1.54) is 5.56 Å². The van der Waals surface area contributed by atoms with E-state index in [0.717, 1.165) is 51.7 Å². The number of ether oxygens (including phenoxy) is 2. The molecule has 1 amide bonds. The van der Waals surface area contributed by atoms with Crippen molar-refractivity contribution in [3.05, 3.63) is 53.1 Å². The van der Waals surface area contributed by atoms with Crippen LogP contribution < -0.4 is 9.64 Å². The van der Waals surface area contributed by atoms with Gasteiger partial charge in [0.05, 0.1) is 35.9 Å². The van der Waals surface area contributed by atoms with Crippen molar-refractivity contribution in [2.24, 2.45) is 0 Å². The minimum absolute atomic E-state index is 0.0445. The first-order valence-corrected chi connectivity index (χ1v) is 11.4. The highest BCUT2D eigenvalue weighted by molar-refractivity contribution is 7.22. The number of aromatic nitrogens is 1. The van der Waals surface area contributed by atoms with Gasteiger partial charge in [-0.2, -0.15) is 0 Å². The van der Waals surface area contributed by atoms with Crippen LogP contribution in [0.1, 0.15) is 36.5 Å². The number of fused-ring (bicyclic) bond motifs is 1. The molecule has 0 N–H and O–H groups in total. The monoisotopic (exact) mass is 424 g/mol. The van der Waals surface area contributed by atoms with Crippen molar-refractivity contribution in [2.45, 2.75) is 46.1 Å². The first kappa shape index (κ1) is 20.8. The number of carbonyl (C=O) groups excluding carboxylic acids is 1. The molecule has 0 spiro atoms. The number of anilines is 1. The summed E-state index contributed by atoms with van der Waals surface area (Å²) in [5.41, 5.74) is 4.30. The molecule has 4 rings (SSSR count). The van der Waals surface area contributed by atoms with Gasteiger partial charge in [-0.25, -0.2) is 4.98 Å². The molecular weight excluding hydrogens is 396 g/mol. The van der Waals surface area contributed by atoms with Gasteiger partial charge in [0.2, 0.25) is 5.91 Å². The fourth-order valence-electron chi connectivity index (χ4n) is 3.89. The number of amides is 1. The fourth-order valence-corrected chi connectivity index (χ4v) is 5.06. The van der Waals surface area contributed by atoms with Crippen LogP contribution in [-0.4, -0.2) is 36.8 Å². The lowest BCUT2D eigenvalue weighted by Gasteiger charge is -2.23. The van der Waals surface area contributed by atoms with Crippen molar-refractivity contribution in [3.8, 4) is 5.75 Å². The molecule has 0 unspecified atom stereocenters. The Morgan fingerprint density at radius 3 is 2.77 bits per heavy atom. The van der Waals surface area contributed by atoms with Gasteiger partial charge in [0.25, 0.3) is 0 Å². The molecule has 0 radical (unpaired) electrons. The second kappa shape index (κ2) is 9.14. The summed E-state index contributed by atoms with van der Waals surface area (Å²) in [7, 11) is 0. The van der Waals surface area contributed by atoms with E-state index in [-0.39, 0.29) is 12.0 Å². The number of aryl methyl sites for hydroxylation is 2. The van der Waals surface area contributed by atoms with Gasteiger partial charge >= 0.3 is 0 Å². The van der Waals surface area contributed by atoms with Crippen molar-refractivity contribution in [3.63, 3.8) is 0 Å². The Balaban J connectivity index is 1.60. The zero-order valence-electron chi connectivity index (χ0n) is 17.8. The average Bonchev–Trinajstić information content (AvgIpc) is 3.37. The molecule has 0 saturated carbocycles. The lowest BCUT2D eigenvalue weighted by molar-refractivity contribution is -0.118. The summed E-state index contributed by atoms with van der Waals surface area (Å²) in [5.74, 6) is 0.866. The van der Waals surface area contributed by atoms with Crippen LogP contribution in [0.2, 0.25) is 0 Å². The van der Waals surface area contributed by atoms with Crippen molar-refractivity contribution in [2.75, 3.05) is 24.7 Å². The Kier molecular flexibility index (Phi) is 6.35. The minimum atomic E-state index is 0.0445. The summed E-state index contributed by atoms with van der Waals surface area (Å²) in [6.07, 6.45) is 2.43. The van der Waals surface area contributed by atoms with Crippen molar-refractivity contribution < 1.29 is 14.3 Å². The summed E-state index contributed by atoms with van der Waals surface area (Å²) in [4.78, 5) is 20.0. The number of rotatable bonds is 7. The molecule has 1 aliphatic heterocycles. The number of benzene rings is 2. The van der Waals surface area contributed by atoms with Gasteiger partial charge in [-0.15, -0.1) is 0 Å². The molecular formula is C24H28N2O3S. The zero-order chi connectivity index (χ0) is 21.1. The van der Waals surface area contributed by atoms with E-state index in [0.29, 0.717) is 19.6 Å². The second-order valence-corrected chi connectivity index (χ2v) is 8.83. The molecule has 1 fully saturated rings. The van der Waals surface area contributed by atoms with Crippen LogP contribution in [0, 0.1) is 13.8 Å². The Morgan fingerprint density at radius 1 is 1.27 bits per heavy atom. The summed E-state index contributed by atoms with van der Waals surface area (Å²) in [6, 6.07) is 12.0. The Hall–Kier alpha value is -2.44. The molecule has 158 valence electrons. The first-order valence-electron chi connectivity index (χ1n) is 10.5. The number of hydrogen-bond acceptors (Lipinski definition) is 5. The molecule has 5 nitrogen and oxygen atoms in total. The Labute approximate surface area is 181 Å². The van der Waals surface area contributed by atoms with Crippen LogP contribution in [0.3, 0.4) is 0 Å². The molecule has 0 bridgehead atoms. The normalized spacial score (nSPS) is 16.2. The molecule has 1 saturated heterocycles. The average molecular weight is 425 g/mol. The predicted octanol–water partition coefficient (Wildman–Crippen LogP) is 5.07. The van der Waals surface area contributed by atoms with Crippen molar-refractivity contribution >= 4 is 32.6 Å². The molecule has 1 aliphatic rings. The van der Waals surface area contributed by atoms with E-state index in [9.17, 15) is 4.79 Å². The molecule has 0 aliphatic carbocycles. The van der Waals surface area contributed by atoms with Gasteiger partial charge in [-0.3, -0.25) is 9.69 Å². The highest BCUT2D eigenvalue weighted by Crippen LogP contribution is 2.33.